The molecule has 1 atom stereocenters. The van der Waals surface area contributed by atoms with Crippen molar-refractivity contribution < 1.29 is 9.21 Å². The number of amides is 1. The molecule has 4 rings (SSSR count). The predicted molar refractivity (Wildman–Crippen MR) is 111 cm³/mol. The second kappa shape index (κ2) is 8.15. The molecule has 2 heterocycles. The molecule has 3 aromatic rings. The highest BCUT2D eigenvalue weighted by molar-refractivity contribution is 5.97. The van der Waals surface area contributed by atoms with Crippen LogP contribution in [-0.4, -0.2) is 42.0 Å². The topological polar surface area (TPSA) is 58.4 Å². The average Bonchev–Trinajstić information content (AvgIpc) is 3.35. The first-order chi connectivity index (χ1) is 13.6. The second-order valence-corrected chi connectivity index (χ2v) is 7.84. The first-order valence-corrected chi connectivity index (χ1v) is 10.1. The van der Waals surface area contributed by atoms with Crippen LogP contribution in [0.3, 0.4) is 0 Å². The monoisotopic (exact) mass is 377 g/mol. The van der Waals surface area contributed by atoms with E-state index in [0.29, 0.717) is 23.9 Å². The van der Waals surface area contributed by atoms with E-state index < -0.39 is 0 Å². The highest BCUT2D eigenvalue weighted by Crippen LogP contribution is 2.26. The fourth-order valence-corrected chi connectivity index (χ4v) is 3.80. The van der Waals surface area contributed by atoms with E-state index in [-0.39, 0.29) is 11.8 Å². The molecule has 0 unspecified atom stereocenters. The standard InChI is InChI=1S/C23H27N3O2/c1-16(2)23-25-20-14-18(8-9-21(20)28-23)22(27)24-11-13-26-12-10-19(15-26)17-6-4-3-5-7-17/h3-9,14,16,19H,10-13,15H2,1-2H3,(H,24,27)/t19-/m0/s1. The van der Waals surface area contributed by atoms with E-state index in [1.54, 1.807) is 12.1 Å². The number of benzene rings is 2. The van der Waals surface area contributed by atoms with E-state index in [2.05, 4.69) is 45.5 Å². The number of nitrogens with one attached hydrogen (secondary N) is 1. The van der Waals surface area contributed by atoms with Gasteiger partial charge in [-0.2, -0.15) is 0 Å². The van der Waals surface area contributed by atoms with Gasteiger partial charge in [-0.05, 0) is 42.6 Å². The van der Waals surface area contributed by atoms with Crippen LogP contribution in [0.4, 0.5) is 0 Å². The third-order valence-corrected chi connectivity index (χ3v) is 5.42. The third kappa shape index (κ3) is 4.09. The molecule has 2 aromatic carbocycles. The Hall–Kier alpha value is -2.66. The summed E-state index contributed by atoms with van der Waals surface area (Å²) in [4.78, 5) is 19.4. The van der Waals surface area contributed by atoms with Gasteiger partial charge in [0.1, 0.15) is 5.52 Å². The highest BCUT2D eigenvalue weighted by Gasteiger charge is 2.23. The van der Waals surface area contributed by atoms with Crippen LogP contribution in [0.15, 0.2) is 52.9 Å². The van der Waals surface area contributed by atoms with E-state index in [1.165, 1.54) is 12.0 Å². The Morgan fingerprint density at radius 3 is 2.86 bits per heavy atom. The Labute approximate surface area is 165 Å². The van der Waals surface area contributed by atoms with Gasteiger partial charge in [-0.1, -0.05) is 44.2 Å². The van der Waals surface area contributed by atoms with Crippen molar-refractivity contribution >= 4 is 17.0 Å². The lowest BCUT2D eigenvalue weighted by Crippen LogP contribution is -2.33. The molecule has 146 valence electrons. The van der Waals surface area contributed by atoms with Gasteiger partial charge in [-0.3, -0.25) is 4.79 Å². The zero-order valence-corrected chi connectivity index (χ0v) is 16.5. The van der Waals surface area contributed by atoms with Crippen LogP contribution in [0.5, 0.6) is 0 Å². The summed E-state index contributed by atoms with van der Waals surface area (Å²) in [5.74, 6) is 1.47. The third-order valence-electron chi connectivity index (χ3n) is 5.42. The number of carbonyl (C=O) groups is 1. The van der Waals surface area contributed by atoms with Crippen molar-refractivity contribution in [2.24, 2.45) is 0 Å². The molecular weight excluding hydrogens is 350 g/mol. The Balaban J connectivity index is 1.29. The minimum Gasteiger partial charge on any atom is -0.440 e. The van der Waals surface area contributed by atoms with Gasteiger partial charge >= 0.3 is 0 Å². The first-order valence-electron chi connectivity index (χ1n) is 10.1. The lowest BCUT2D eigenvalue weighted by Gasteiger charge is -2.16. The number of oxazole rings is 1. The minimum absolute atomic E-state index is 0.0604. The largest absolute Gasteiger partial charge is 0.440 e. The molecule has 0 radical (unpaired) electrons. The van der Waals surface area contributed by atoms with Gasteiger partial charge in [0.05, 0.1) is 0 Å². The molecule has 0 spiro atoms. The van der Waals surface area contributed by atoms with E-state index in [9.17, 15) is 4.79 Å². The quantitative estimate of drug-likeness (QED) is 0.700. The van der Waals surface area contributed by atoms with Gasteiger partial charge in [-0.15, -0.1) is 0 Å². The SMILES string of the molecule is CC(C)c1nc2cc(C(=O)NCCN3CC[C@H](c4ccccc4)C3)ccc2o1. The van der Waals surface area contributed by atoms with Crippen molar-refractivity contribution in [3.05, 3.63) is 65.5 Å². The van der Waals surface area contributed by atoms with Crippen LogP contribution in [0.25, 0.3) is 11.1 Å². The van der Waals surface area contributed by atoms with Crippen LogP contribution < -0.4 is 5.32 Å². The highest BCUT2D eigenvalue weighted by atomic mass is 16.3. The van der Waals surface area contributed by atoms with Gasteiger partial charge in [0.2, 0.25) is 0 Å². The zero-order chi connectivity index (χ0) is 19.5. The molecule has 0 aliphatic carbocycles. The summed E-state index contributed by atoms with van der Waals surface area (Å²) in [7, 11) is 0. The van der Waals surface area contributed by atoms with Crippen LogP contribution in [0.1, 0.15) is 53.9 Å². The first kappa shape index (κ1) is 18.7. The lowest BCUT2D eigenvalue weighted by atomic mass is 9.99. The number of hydrogen-bond acceptors (Lipinski definition) is 4. The number of nitrogens with zero attached hydrogens (tertiary/aromatic N) is 2. The van der Waals surface area contributed by atoms with Gasteiger partial charge in [-0.25, -0.2) is 4.98 Å². The Morgan fingerprint density at radius 2 is 2.07 bits per heavy atom. The number of fused-ring (bicyclic) bond motifs is 1. The van der Waals surface area contributed by atoms with Crippen LogP contribution in [-0.2, 0) is 0 Å². The van der Waals surface area contributed by atoms with E-state index in [1.807, 2.05) is 19.9 Å². The molecule has 0 saturated carbocycles. The molecule has 1 amide bonds. The maximum atomic E-state index is 12.5. The second-order valence-electron chi connectivity index (χ2n) is 7.84. The summed E-state index contributed by atoms with van der Waals surface area (Å²) < 4.78 is 5.71. The maximum Gasteiger partial charge on any atom is 0.251 e. The molecular formula is C23H27N3O2. The van der Waals surface area contributed by atoms with Crippen molar-refractivity contribution in [2.45, 2.75) is 32.1 Å². The zero-order valence-electron chi connectivity index (χ0n) is 16.5. The fraction of sp³-hybridized carbons (Fsp3) is 0.391. The molecule has 1 fully saturated rings. The molecule has 5 heteroatoms. The van der Waals surface area contributed by atoms with Crippen molar-refractivity contribution in [1.29, 1.82) is 0 Å². The van der Waals surface area contributed by atoms with Gasteiger partial charge in [0, 0.05) is 31.1 Å². The van der Waals surface area contributed by atoms with Crippen molar-refractivity contribution in [2.75, 3.05) is 26.2 Å². The summed E-state index contributed by atoms with van der Waals surface area (Å²) in [6, 6.07) is 16.1. The van der Waals surface area contributed by atoms with Gasteiger partial charge < -0.3 is 14.6 Å². The lowest BCUT2D eigenvalue weighted by molar-refractivity contribution is 0.0950. The number of carbonyl (C=O) groups excluding carboxylic acids is 1. The number of aromatic nitrogens is 1. The summed E-state index contributed by atoms with van der Waals surface area (Å²) in [5.41, 5.74) is 3.50. The van der Waals surface area contributed by atoms with Crippen molar-refractivity contribution in [3.63, 3.8) is 0 Å². The molecule has 1 N–H and O–H groups in total. The maximum absolute atomic E-state index is 12.5. The summed E-state index contributed by atoms with van der Waals surface area (Å²) in [6.45, 7) is 7.74. The van der Waals surface area contributed by atoms with Crippen LogP contribution in [0.2, 0.25) is 0 Å². The van der Waals surface area contributed by atoms with Crippen molar-refractivity contribution in [1.82, 2.24) is 15.2 Å². The molecule has 28 heavy (non-hydrogen) atoms. The van der Waals surface area contributed by atoms with E-state index in [0.717, 1.165) is 30.7 Å². The predicted octanol–water partition coefficient (Wildman–Crippen LogP) is 4.17. The normalized spacial score (nSPS) is 17.5. The van der Waals surface area contributed by atoms with Crippen LogP contribution >= 0.6 is 0 Å². The van der Waals surface area contributed by atoms with Crippen LogP contribution in [0, 0.1) is 0 Å². The smallest absolute Gasteiger partial charge is 0.251 e. The van der Waals surface area contributed by atoms with E-state index >= 15 is 0 Å². The molecule has 5 nitrogen and oxygen atoms in total. The fourth-order valence-electron chi connectivity index (χ4n) is 3.80. The number of rotatable bonds is 6. The molecule has 1 aliphatic heterocycles. The Kier molecular flexibility index (Phi) is 5.44. The molecule has 1 aromatic heterocycles. The molecule has 0 bridgehead atoms. The Morgan fingerprint density at radius 1 is 1.25 bits per heavy atom. The average molecular weight is 377 g/mol. The van der Waals surface area contributed by atoms with Crippen molar-refractivity contribution in [3.8, 4) is 0 Å². The minimum atomic E-state index is -0.0604. The summed E-state index contributed by atoms with van der Waals surface area (Å²) in [5, 5.41) is 3.04. The summed E-state index contributed by atoms with van der Waals surface area (Å²) >= 11 is 0. The summed E-state index contributed by atoms with van der Waals surface area (Å²) in [6.07, 6.45) is 1.18. The van der Waals surface area contributed by atoms with E-state index in [4.69, 9.17) is 4.42 Å². The number of hydrogen-bond donors (Lipinski definition) is 1. The molecule has 1 saturated heterocycles. The van der Waals surface area contributed by atoms with Gasteiger partial charge in [0.15, 0.2) is 11.5 Å². The molecule has 1 aliphatic rings. The van der Waals surface area contributed by atoms with Gasteiger partial charge in [0.25, 0.3) is 5.91 Å². The Bertz CT molecular complexity index is 949. The number of likely N-dealkylation sites (tertiary alicyclic amines) is 1.